The lowest BCUT2D eigenvalue weighted by atomic mass is 9.91. The van der Waals surface area contributed by atoms with E-state index in [9.17, 15) is 9.90 Å². The van der Waals surface area contributed by atoms with E-state index in [1.165, 1.54) is 0 Å². The smallest absolute Gasteiger partial charge is 0.259 e. The minimum Gasteiger partial charge on any atom is -0.507 e. The number of nitrogens with zero attached hydrogens (tertiary/aromatic N) is 1. The van der Waals surface area contributed by atoms with E-state index in [0.29, 0.717) is 10.7 Å². The Hall–Kier alpha value is -3.37. The summed E-state index contributed by atoms with van der Waals surface area (Å²) in [7, 11) is 0. The molecule has 1 amide bonds. The zero-order valence-electron chi connectivity index (χ0n) is 21.0. The van der Waals surface area contributed by atoms with E-state index in [4.69, 9.17) is 11.6 Å². The van der Waals surface area contributed by atoms with E-state index < -0.39 is 0 Å². The molecule has 0 saturated carbocycles. The van der Waals surface area contributed by atoms with Crippen LogP contribution in [0.15, 0.2) is 54.7 Å². The van der Waals surface area contributed by atoms with Gasteiger partial charge in [-0.05, 0) is 60.6 Å². The zero-order chi connectivity index (χ0) is 25.4. The SMILES string of the molecule is Cc1cc(C)c2ncc(NC(=O)c3cc(C(C)C)cc(C(C)C)c3O)c(-c3ccccc3Cl)c2c1. The van der Waals surface area contributed by atoms with Crippen LogP contribution < -0.4 is 5.32 Å². The molecule has 2 N–H and O–H groups in total. The van der Waals surface area contributed by atoms with Gasteiger partial charge in [0.1, 0.15) is 5.75 Å². The molecule has 4 aromatic rings. The van der Waals surface area contributed by atoms with Gasteiger partial charge < -0.3 is 10.4 Å². The number of fused-ring (bicyclic) bond motifs is 1. The molecular weight excluding hydrogens is 456 g/mol. The van der Waals surface area contributed by atoms with Gasteiger partial charge >= 0.3 is 0 Å². The fourth-order valence-electron chi connectivity index (χ4n) is 4.53. The highest BCUT2D eigenvalue weighted by molar-refractivity contribution is 6.34. The number of halogens is 1. The summed E-state index contributed by atoms with van der Waals surface area (Å²) in [5, 5.41) is 15.5. The predicted molar refractivity (Wildman–Crippen MR) is 146 cm³/mol. The van der Waals surface area contributed by atoms with Crippen molar-refractivity contribution in [3.8, 4) is 16.9 Å². The number of anilines is 1. The number of benzene rings is 3. The van der Waals surface area contributed by atoms with Crippen LogP contribution in [0.5, 0.6) is 5.75 Å². The molecule has 0 atom stereocenters. The van der Waals surface area contributed by atoms with Crippen molar-refractivity contribution in [1.82, 2.24) is 4.98 Å². The summed E-state index contributed by atoms with van der Waals surface area (Å²) in [4.78, 5) is 18.3. The molecule has 3 aromatic carbocycles. The Morgan fingerprint density at radius 1 is 1.00 bits per heavy atom. The van der Waals surface area contributed by atoms with Gasteiger partial charge in [0.15, 0.2) is 0 Å². The van der Waals surface area contributed by atoms with Gasteiger partial charge in [-0.25, -0.2) is 0 Å². The van der Waals surface area contributed by atoms with E-state index in [0.717, 1.165) is 44.3 Å². The van der Waals surface area contributed by atoms with Crippen molar-refractivity contribution in [3.05, 3.63) is 87.6 Å². The molecule has 0 saturated heterocycles. The van der Waals surface area contributed by atoms with Crippen molar-refractivity contribution in [1.29, 1.82) is 0 Å². The summed E-state index contributed by atoms with van der Waals surface area (Å²) in [5.41, 5.74) is 7.19. The van der Waals surface area contributed by atoms with Crippen molar-refractivity contribution >= 4 is 34.1 Å². The molecule has 0 aliphatic rings. The van der Waals surface area contributed by atoms with Crippen molar-refractivity contribution in [2.45, 2.75) is 53.4 Å². The Morgan fingerprint density at radius 2 is 1.71 bits per heavy atom. The van der Waals surface area contributed by atoms with Gasteiger partial charge in [0.2, 0.25) is 0 Å². The lowest BCUT2D eigenvalue weighted by molar-refractivity contribution is 0.102. The summed E-state index contributed by atoms with van der Waals surface area (Å²) in [6, 6.07) is 15.5. The molecule has 0 radical (unpaired) electrons. The number of carbonyl (C=O) groups excluding carboxylic acids is 1. The highest BCUT2D eigenvalue weighted by Gasteiger charge is 2.22. The molecule has 4 rings (SSSR count). The van der Waals surface area contributed by atoms with E-state index in [1.54, 1.807) is 12.3 Å². The number of aryl methyl sites for hydroxylation is 2. The number of aromatic nitrogens is 1. The molecule has 35 heavy (non-hydrogen) atoms. The summed E-state index contributed by atoms with van der Waals surface area (Å²) in [6.45, 7) is 12.2. The Bertz CT molecular complexity index is 1440. The van der Waals surface area contributed by atoms with Crippen LogP contribution in [-0.4, -0.2) is 16.0 Å². The van der Waals surface area contributed by atoms with Crippen molar-refractivity contribution in [2.24, 2.45) is 0 Å². The Labute approximate surface area is 212 Å². The maximum atomic E-state index is 13.6. The number of phenols is 1. The lowest BCUT2D eigenvalue weighted by Crippen LogP contribution is -2.15. The van der Waals surface area contributed by atoms with Crippen LogP contribution in [0.1, 0.15) is 72.1 Å². The van der Waals surface area contributed by atoms with Gasteiger partial charge in [0, 0.05) is 21.5 Å². The van der Waals surface area contributed by atoms with Crippen molar-refractivity contribution < 1.29 is 9.90 Å². The Kier molecular flexibility index (Phi) is 6.86. The number of pyridine rings is 1. The fourth-order valence-corrected chi connectivity index (χ4v) is 4.76. The maximum absolute atomic E-state index is 13.6. The molecule has 0 spiro atoms. The molecule has 0 aliphatic heterocycles. The van der Waals surface area contributed by atoms with Gasteiger partial charge in [0.05, 0.1) is 23.0 Å². The molecule has 4 nitrogen and oxygen atoms in total. The largest absolute Gasteiger partial charge is 0.507 e. The summed E-state index contributed by atoms with van der Waals surface area (Å²) in [5.74, 6) is -0.0776. The number of aromatic hydroxyl groups is 1. The van der Waals surface area contributed by atoms with E-state index in [1.807, 2.05) is 58.0 Å². The van der Waals surface area contributed by atoms with Crippen LogP contribution in [0.3, 0.4) is 0 Å². The monoisotopic (exact) mass is 486 g/mol. The number of hydrogen-bond donors (Lipinski definition) is 2. The van der Waals surface area contributed by atoms with E-state index in [-0.39, 0.29) is 29.1 Å². The quantitative estimate of drug-likeness (QED) is 0.297. The fraction of sp³-hybridized carbons (Fsp3) is 0.267. The third kappa shape index (κ3) is 4.76. The lowest BCUT2D eigenvalue weighted by Gasteiger charge is -2.19. The first-order chi connectivity index (χ1) is 16.6. The summed E-state index contributed by atoms with van der Waals surface area (Å²) < 4.78 is 0. The number of amides is 1. The van der Waals surface area contributed by atoms with E-state index in [2.05, 4.69) is 36.3 Å². The van der Waals surface area contributed by atoms with Crippen LogP contribution in [0, 0.1) is 13.8 Å². The zero-order valence-corrected chi connectivity index (χ0v) is 21.8. The number of carbonyl (C=O) groups is 1. The Morgan fingerprint density at radius 3 is 2.37 bits per heavy atom. The number of nitrogens with one attached hydrogen (secondary N) is 1. The average Bonchev–Trinajstić information content (AvgIpc) is 2.79. The molecule has 0 aliphatic carbocycles. The predicted octanol–water partition coefficient (Wildman–Crippen LogP) is 8.38. The van der Waals surface area contributed by atoms with Gasteiger partial charge in [-0.1, -0.05) is 75.2 Å². The first kappa shape index (κ1) is 24.7. The van der Waals surface area contributed by atoms with Crippen molar-refractivity contribution in [3.63, 3.8) is 0 Å². The van der Waals surface area contributed by atoms with Crippen molar-refractivity contribution in [2.75, 3.05) is 5.32 Å². The second-order valence-electron chi connectivity index (χ2n) is 9.77. The summed E-state index contributed by atoms with van der Waals surface area (Å²) in [6.07, 6.45) is 1.67. The molecule has 180 valence electrons. The molecule has 0 fully saturated rings. The highest BCUT2D eigenvalue weighted by atomic mass is 35.5. The third-order valence-electron chi connectivity index (χ3n) is 6.39. The summed E-state index contributed by atoms with van der Waals surface area (Å²) >= 11 is 6.63. The molecule has 0 bridgehead atoms. The Balaban J connectivity index is 1.92. The van der Waals surface area contributed by atoms with Crippen LogP contribution in [-0.2, 0) is 0 Å². The van der Waals surface area contributed by atoms with Crippen LogP contribution in [0.2, 0.25) is 5.02 Å². The molecule has 5 heteroatoms. The number of phenolic OH excluding ortho intramolecular Hbond substituents is 1. The highest BCUT2D eigenvalue weighted by Crippen LogP contribution is 2.40. The second-order valence-corrected chi connectivity index (χ2v) is 10.2. The second kappa shape index (κ2) is 9.71. The van der Waals surface area contributed by atoms with Gasteiger partial charge in [-0.2, -0.15) is 0 Å². The first-order valence-electron chi connectivity index (χ1n) is 11.9. The normalized spacial score (nSPS) is 11.5. The van der Waals surface area contributed by atoms with E-state index >= 15 is 0 Å². The standard InChI is InChI=1S/C30H31ClN2O2/c1-16(2)20-13-22(17(3)4)29(34)24(14-20)30(35)33-26-15-32-28-19(6)11-18(5)12-23(28)27(26)21-9-7-8-10-25(21)31/h7-17,34H,1-6H3,(H,33,35). The molecule has 1 heterocycles. The molecular formula is C30H31ClN2O2. The maximum Gasteiger partial charge on any atom is 0.259 e. The van der Waals surface area contributed by atoms with Gasteiger partial charge in [-0.3, -0.25) is 9.78 Å². The van der Waals surface area contributed by atoms with Crippen LogP contribution >= 0.6 is 11.6 Å². The topological polar surface area (TPSA) is 62.2 Å². The number of hydrogen-bond acceptors (Lipinski definition) is 3. The first-order valence-corrected chi connectivity index (χ1v) is 12.3. The minimum absolute atomic E-state index is 0.0154. The van der Waals surface area contributed by atoms with Crippen LogP contribution in [0.4, 0.5) is 5.69 Å². The average molecular weight is 487 g/mol. The minimum atomic E-state index is -0.384. The molecule has 0 unspecified atom stereocenters. The van der Waals surface area contributed by atoms with Gasteiger partial charge in [-0.15, -0.1) is 0 Å². The molecule has 1 aromatic heterocycles. The third-order valence-corrected chi connectivity index (χ3v) is 6.72. The number of rotatable bonds is 5. The van der Waals surface area contributed by atoms with Gasteiger partial charge in [0.25, 0.3) is 5.91 Å². The van der Waals surface area contributed by atoms with Crippen LogP contribution in [0.25, 0.3) is 22.0 Å².